The Balaban J connectivity index is 1.35. The first-order valence-electron chi connectivity index (χ1n) is 11.3. The van der Waals surface area contributed by atoms with Crippen molar-refractivity contribution in [3.63, 3.8) is 0 Å². The molecule has 4 aromatic rings. The van der Waals surface area contributed by atoms with Crippen LogP contribution in [0.3, 0.4) is 0 Å². The van der Waals surface area contributed by atoms with Gasteiger partial charge in [0.15, 0.2) is 11.6 Å². The second-order valence-electron chi connectivity index (χ2n) is 8.44. The van der Waals surface area contributed by atoms with Crippen LogP contribution in [0.15, 0.2) is 36.5 Å². The van der Waals surface area contributed by atoms with Crippen molar-refractivity contribution >= 4 is 17.1 Å². The molecule has 10 heteroatoms. The number of nitrogens with zero attached hydrogens (tertiary/aromatic N) is 6. The number of hydrogen-bond acceptors (Lipinski definition) is 6. The Morgan fingerprint density at radius 3 is 2.74 bits per heavy atom. The van der Waals surface area contributed by atoms with Gasteiger partial charge < -0.3 is 0 Å². The van der Waals surface area contributed by atoms with Crippen LogP contribution in [0.2, 0.25) is 0 Å². The van der Waals surface area contributed by atoms with Gasteiger partial charge in [0.1, 0.15) is 22.2 Å². The van der Waals surface area contributed by atoms with Crippen LogP contribution in [-0.4, -0.2) is 35.3 Å². The van der Waals surface area contributed by atoms with E-state index in [0.717, 1.165) is 17.8 Å². The first kappa shape index (κ1) is 22.5. The maximum atomic E-state index is 13.4. The van der Waals surface area contributed by atoms with E-state index in [2.05, 4.69) is 15.2 Å². The lowest BCUT2D eigenvalue weighted by Crippen LogP contribution is -2.23. The third-order valence-corrected chi connectivity index (χ3v) is 7.41. The van der Waals surface area contributed by atoms with Gasteiger partial charge in [0.25, 0.3) is 6.43 Å². The first-order valence-corrected chi connectivity index (χ1v) is 12.1. The predicted octanol–water partition coefficient (Wildman–Crippen LogP) is 5.14. The Bertz CT molecular complexity index is 1330. The number of alkyl halides is 2. The van der Waals surface area contributed by atoms with Gasteiger partial charge in [-0.25, -0.2) is 23.4 Å². The summed E-state index contributed by atoms with van der Waals surface area (Å²) in [6, 6.07) is 9.83. The number of aryl methyl sites for hydroxylation is 3. The lowest BCUT2D eigenvalue weighted by Gasteiger charge is -2.21. The number of rotatable bonds is 7. The number of carbonyl (C=O) groups is 1. The fourth-order valence-electron chi connectivity index (χ4n) is 4.44. The Morgan fingerprint density at radius 1 is 1.24 bits per heavy atom. The highest BCUT2D eigenvalue weighted by Gasteiger charge is 2.29. The fraction of sp³-hybridized carbons (Fsp3) is 0.375. The van der Waals surface area contributed by atoms with Crippen molar-refractivity contribution < 1.29 is 13.6 Å². The van der Waals surface area contributed by atoms with Crippen LogP contribution in [0.5, 0.6) is 0 Å². The van der Waals surface area contributed by atoms with Crippen molar-refractivity contribution in [2.45, 2.75) is 45.6 Å². The van der Waals surface area contributed by atoms with Crippen molar-refractivity contribution in [1.29, 1.82) is 0 Å². The van der Waals surface area contributed by atoms with Crippen LogP contribution in [-0.2, 0) is 26.4 Å². The molecular formula is C24H24F2N6OS. The molecule has 0 aliphatic carbocycles. The summed E-state index contributed by atoms with van der Waals surface area (Å²) in [5, 5.41) is 9.28. The number of thiazole rings is 1. The van der Waals surface area contributed by atoms with Crippen molar-refractivity contribution in [3.05, 3.63) is 58.6 Å². The lowest BCUT2D eigenvalue weighted by atomic mass is 9.91. The molecule has 0 saturated heterocycles. The van der Waals surface area contributed by atoms with Crippen LogP contribution < -0.4 is 0 Å². The molecule has 0 saturated carbocycles. The van der Waals surface area contributed by atoms with Gasteiger partial charge in [-0.2, -0.15) is 10.2 Å². The zero-order chi connectivity index (χ0) is 23.8. The third kappa shape index (κ3) is 4.18. The van der Waals surface area contributed by atoms with E-state index in [-0.39, 0.29) is 17.4 Å². The molecular weight excluding hydrogens is 458 g/mol. The van der Waals surface area contributed by atoms with Crippen molar-refractivity contribution in [2.75, 3.05) is 0 Å². The summed E-state index contributed by atoms with van der Waals surface area (Å²) >= 11 is 1.20. The van der Waals surface area contributed by atoms with Crippen LogP contribution in [0, 0.1) is 5.92 Å². The van der Waals surface area contributed by atoms with Gasteiger partial charge >= 0.3 is 0 Å². The van der Waals surface area contributed by atoms with E-state index in [9.17, 15) is 13.6 Å². The summed E-state index contributed by atoms with van der Waals surface area (Å²) in [5.41, 5.74) is 1.69. The average molecular weight is 483 g/mol. The zero-order valence-electron chi connectivity index (χ0n) is 18.9. The molecule has 1 aromatic carbocycles. The normalized spacial score (nSPS) is 15.6. The number of Topliss-reactive ketones (excluding diaryl/α,β-unsaturated/α-hetero) is 1. The zero-order valence-corrected chi connectivity index (χ0v) is 19.7. The summed E-state index contributed by atoms with van der Waals surface area (Å²) < 4.78 is 30.2. The topological polar surface area (TPSA) is 78.5 Å². The van der Waals surface area contributed by atoms with E-state index in [1.807, 2.05) is 41.9 Å². The van der Waals surface area contributed by atoms with Crippen LogP contribution in [0.1, 0.15) is 53.1 Å². The number of fused-ring (bicyclic) bond motifs is 1. The minimum atomic E-state index is -2.64. The van der Waals surface area contributed by atoms with Gasteiger partial charge in [-0.15, -0.1) is 11.3 Å². The molecule has 0 N–H and O–H groups in total. The van der Waals surface area contributed by atoms with Gasteiger partial charge in [0.05, 0.1) is 11.8 Å². The van der Waals surface area contributed by atoms with Gasteiger partial charge in [0, 0.05) is 36.9 Å². The number of carbonyl (C=O) groups excluding carboxylic acids is 1. The van der Waals surface area contributed by atoms with E-state index in [4.69, 9.17) is 4.98 Å². The molecule has 1 atom stereocenters. The highest BCUT2D eigenvalue weighted by molar-refractivity contribution is 7.15. The molecule has 34 heavy (non-hydrogen) atoms. The molecule has 7 nitrogen and oxygen atoms in total. The summed E-state index contributed by atoms with van der Waals surface area (Å²) in [6.45, 7) is 2.53. The molecule has 0 spiro atoms. The predicted molar refractivity (Wildman–Crippen MR) is 125 cm³/mol. The summed E-state index contributed by atoms with van der Waals surface area (Å²) in [5.74, 6) is 1.63. The largest absolute Gasteiger partial charge is 0.292 e. The Hall–Kier alpha value is -3.27. The first-order chi connectivity index (χ1) is 16.4. The molecule has 0 fully saturated rings. The molecule has 0 radical (unpaired) electrons. The number of aromatic nitrogens is 6. The molecule has 5 rings (SSSR count). The highest BCUT2D eigenvalue weighted by atomic mass is 32.1. The lowest BCUT2D eigenvalue weighted by molar-refractivity contribution is 0.0944. The third-order valence-electron chi connectivity index (χ3n) is 6.16. The molecule has 0 bridgehead atoms. The monoisotopic (exact) mass is 482 g/mol. The Kier molecular flexibility index (Phi) is 6.07. The van der Waals surface area contributed by atoms with Gasteiger partial charge in [-0.3, -0.25) is 9.48 Å². The molecule has 1 aliphatic heterocycles. The van der Waals surface area contributed by atoms with Crippen LogP contribution in [0.25, 0.3) is 22.0 Å². The minimum Gasteiger partial charge on any atom is -0.292 e. The fourth-order valence-corrected chi connectivity index (χ4v) is 5.46. The number of benzene rings is 1. The molecule has 1 aliphatic rings. The van der Waals surface area contributed by atoms with Crippen LogP contribution >= 0.6 is 11.3 Å². The summed E-state index contributed by atoms with van der Waals surface area (Å²) in [4.78, 5) is 22.7. The van der Waals surface area contributed by atoms with Gasteiger partial charge in [-0.1, -0.05) is 37.3 Å². The maximum absolute atomic E-state index is 13.4. The quantitative estimate of drug-likeness (QED) is 0.341. The van der Waals surface area contributed by atoms with E-state index in [1.165, 1.54) is 16.0 Å². The van der Waals surface area contributed by atoms with Crippen molar-refractivity contribution in [2.24, 2.45) is 13.0 Å². The van der Waals surface area contributed by atoms with E-state index in [1.54, 1.807) is 13.2 Å². The SMILES string of the molecule is CCc1sc(-c2cnn(C)c2C(=O)CC2CCn3nc(-c4ccccc4)nc3C2)nc1C(F)F. The number of ketones is 1. The molecule has 3 aromatic heterocycles. The van der Waals surface area contributed by atoms with E-state index < -0.39 is 6.43 Å². The molecule has 0 amide bonds. The summed E-state index contributed by atoms with van der Waals surface area (Å²) in [7, 11) is 1.70. The second-order valence-corrected chi connectivity index (χ2v) is 9.52. The van der Waals surface area contributed by atoms with E-state index >= 15 is 0 Å². The van der Waals surface area contributed by atoms with Gasteiger partial charge in [0.2, 0.25) is 0 Å². The van der Waals surface area contributed by atoms with Crippen molar-refractivity contribution in [3.8, 4) is 22.0 Å². The Labute approximate surface area is 199 Å². The maximum Gasteiger partial charge on any atom is 0.281 e. The minimum absolute atomic E-state index is 0.0666. The molecule has 4 heterocycles. The molecule has 1 unspecified atom stereocenters. The average Bonchev–Trinajstić information content (AvgIpc) is 3.55. The highest BCUT2D eigenvalue weighted by Crippen LogP contribution is 2.36. The van der Waals surface area contributed by atoms with E-state index in [0.29, 0.717) is 52.8 Å². The Morgan fingerprint density at radius 2 is 2.03 bits per heavy atom. The number of hydrogen-bond donors (Lipinski definition) is 0. The van der Waals surface area contributed by atoms with Crippen molar-refractivity contribution in [1.82, 2.24) is 29.5 Å². The van der Waals surface area contributed by atoms with Crippen LogP contribution in [0.4, 0.5) is 8.78 Å². The smallest absolute Gasteiger partial charge is 0.281 e. The molecule has 176 valence electrons. The number of halogens is 2. The second kappa shape index (κ2) is 9.17. The summed E-state index contributed by atoms with van der Waals surface area (Å²) in [6.07, 6.45) is 1.17. The standard InChI is InChI=1S/C24H24F2N6OS/c1-3-18-20(22(25)26)29-24(34-18)16-13-27-31(2)21(16)17(33)11-14-9-10-32-19(12-14)28-23(30-32)15-7-5-4-6-8-15/h4-8,13-14,22H,3,9-12H2,1-2H3. The van der Waals surface area contributed by atoms with Gasteiger partial charge in [-0.05, 0) is 18.8 Å².